The molecule has 8 heteroatoms. The minimum atomic E-state index is -3.25. The fourth-order valence-corrected chi connectivity index (χ4v) is 5.78. The number of carbonyl (C=O) groups is 1. The average molecular weight is 388 g/mol. The van der Waals surface area contributed by atoms with Gasteiger partial charge in [-0.05, 0) is 24.3 Å². The largest absolute Gasteiger partial charge is 0.497 e. The van der Waals surface area contributed by atoms with E-state index < -0.39 is 21.9 Å². The quantitative estimate of drug-likeness (QED) is 0.752. The zero-order valence-electron chi connectivity index (χ0n) is 15.0. The van der Waals surface area contributed by atoms with Gasteiger partial charge in [0.05, 0.1) is 43.5 Å². The highest BCUT2D eigenvalue weighted by atomic mass is 32.2. The maximum absolute atomic E-state index is 13.4. The summed E-state index contributed by atoms with van der Waals surface area (Å²) < 4.78 is 35.4. The van der Waals surface area contributed by atoms with Crippen LogP contribution in [0.25, 0.3) is 0 Å². The Morgan fingerprint density at radius 1 is 0.926 bits per heavy atom. The number of benzene rings is 2. The number of sulfone groups is 1. The number of amides is 2. The molecule has 2 atom stereocenters. The molecule has 0 spiro atoms. The number of ether oxygens (including phenoxy) is 2. The highest BCUT2D eigenvalue weighted by molar-refractivity contribution is 7.91. The van der Waals surface area contributed by atoms with Crippen molar-refractivity contribution in [2.45, 2.75) is 12.1 Å². The molecule has 0 aromatic heterocycles. The van der Waals surface area contributed by atoms with Gasteiger partial charge in [-0.3, -0.25) is 9.80 Å². The van der Waals surface area contributed by atoms with Gasteiger partial charge in [-0.25, -0.2) is 13.2 Å². The lowest BCUT2D eigenvalue weighted by atomic mass is 10.1. The molecule has 2 saturated heterocycles. The van der Waals surface area contributed by atoms with Crippen molar-refractivity contribution in [3.8, 4) is 11.5 Å². The third-order valence-electron chi connectivity index (χ3n) is 5.05. The molecule has 0 unspecified atom stereocenters. The molecule has 2 heterocycles. The van der Waals surface area contributed by atoms with Crippen molar-refractivity contribution < 1.29 is 22.7 Å². The van der Waals surface area contributed by atoms with Crippen LogP contribution in [-0.4, -0.2) is 52.3 Å². The van der Waals surface area contributed by atoms with Crippen LogP contribution in [0, 0.1) is 0 Å². The van der Waals surface area contributed by atoms with E-state index in [0.29, 0.717) is 22.9 Å². The van der Waals surface area contributed by atoms with Gasteiger partial charge in [0.1, 0.15) is 11.5 Å². The molecule has 2 aromatic rings. The fourth-order valence-electron chi connectivity index (χ4n) is 3.86. The minimum absolute atomic E-state index is 0.0545. The Labute approximate surface area is 158 Å². The number of methoxy groups -OCH3 is 2. The van der Waals surface area contributed by atoms with Gasteiger partial charge >= 0.3 is 6.03 Å². The van der Waals surface area contributed by atoms with Gasteiger partial charge in [-0.2, -0.15) is 0 Å². The number of hydrogen-bond donors (Lipinski definition) is 0. The van der Waals surface area contributed by atoms with Crippen LogP contribution >= 0.6 is 0 Å². The molecule has 0 aliphatic carbocycles. The summed E-state index contributed by atoms with van der Waals surface area (Å²) in [6.45, 7) is 0. The molecule has 7 nitrogen and oxygen atoms in total. The fraction of sp³-hybridized carbons (Fsp3) is 0.316. The summed E-state index contributed by atoms with van der Waals surface area (Å²) in [5, 5.41) is 0. The summed E-state index contributed by atoms with van der Waals surface area (Å²) >= 11 is 0. The van der Waals surface area contributed by atoms with Crippen LogP contribution in [0.15, 0.2) is 48.5 Å². The highest BCUT2D eigenvalue weighted by Gasteiger charge is 2.55. The van der Waals surface area contributed by atoms with Gasteiger partial charge in [-0.1, -0.05) is 18.2 Å². The van der Waals surface area contributed by atoms with Crippen molar-refractivity contribution in [3.63, 3.8) is 0 Å². The van der Waals surface area contributed by atoms with E-state index in [-0.39, 0.29) is 17.5 Å². The lowest BCUT2D eigenvalue weighted by Gasteiger charge is -2.24. The number of carbonyl (C=O) groups excluding carboxylic acids is 1. The predicted molar refractivity (Wildman–Crippen MR) is 103 cm³/mol. The number of hydrogen-bond acceptors (Lipinski definition) is 5. The lowest BCUT2D eigenvalue weighted by Crippen LogP contribution is -2.38. The Morgan fingerprint density at radius 2 is 1.59 bits per heavy atom. The Kier molecular flexibility index (Phi) is 4.22. The average Bonchev–Trinajstić information content (AvgIpc) is 3.10. The summed E-state index contributed by atoms with van der Waals surface area (Å²) in [5.41, 5.74) is 1.19. The second kappa shape index (κ2) is 6.45. The highest BCUT2D eigenvalue weighted by Crippen LogP contribution is 2.42. The van der Waals surface area contributed by atoms with E-state index in [9.17, 15) is 13.2 Å². The zero-order valence-corrected chi connectivity index (χ0v) is 15.8. The van der Waals surface area contributed by atoms with Crippen molar-refractivity contribution in [1.82, 2.24) is 0 Å². The second-order valence-electron chi connectivity index (χ2n) is 6.61. The molecule has 0 radical (unpaired) electrons. The van der Waals surface area contributed by atoms with E-state index in [1.807, 2.05) is 30.3 Å². The topological polar surface area (TPSA) is 76.2 Å². The van der Waals surface area contributed by atoms with Crippen molar-refractivity contribution >= 4 is 27.2 Å². The summed E-state index contributed by atoms with van der Waals surface area (Å²) in [4.78, 5) is 16.5. The van der Waals surface area contributed by atoms with Crippen molar-refractivity contribution in [2.75, 3.05) is 35.5 Å². The molecule has 0 bridgehead atoms. The third-order valence-corrected chi connectivity index (χ3v) is 6.75. The van der Waals surface area contributed by atoms with Gasteiger partial charge in [0.25, 0.3) is 0 Å². The van der Waals surface area contributed by atoms with Crippen LogP contribution in [0.3, 0.4) is 0 Å². The molecule has 142 valence electrons. The minimum Gasteiger partial charge on any atom is -0.497 e. The van der Waals surface area contributed by atoms with E-state index >= 15 is 0 Å². The van der Waals surface area contributed by atoms with E-state index in [4.69, 9.17) is 9.47 Å². The van der Waals surface area contributed by atoms with Gasteiger partial charge in [0, 0.05) is 11.8 Å². The zero-order chi connectivity index (χ0) is 19.2. The maximum Gasteiger partial charge on any atom is 0.329 e. The first-order valence-electron chi connectivity index (χ1n) is 8.55. The Balaban J connectivity index is 1.85. The summed E-state index contributed by atoms with van der Waals surface area (Å²) in [6, 6.07) is 13.1. The molecule has 0 saturated carbocycles. The van der Waals surface area contributed by atoms with Gasteiger partial charge in [-0.15, -0.1) is 0 Å². The normalized spacial score (nSPS) is 23.4. The van der Waals surface area contributed by atoms with Gasteiger partial charge in [0.15, 0.2) is 9.84 Å². The molecule has 2 aliphatic rings. The molecule has 2 fully saturated rings. The molecule has 27 heavy (non-hydrogen) atoms. The Morgan fingerprint density at radius 3 is 2.22 bits per heavy atom. The van der Waals surface area contributed by atoms with Crippen LogP contribution in [0.4, 0.5) is 16.2 Å². The summed E-state index contributed by atoms with van der Waals surface area (Å²) in [7, 11) is -0.198. The van der Waals surface area contributed by atoms with Crippen LogP contribution in [0.5, 0.6) is 11.5 Å². The van der Waals surface area contributed by atoms with E-state index in [1.54, 1.807) is 23.1 Å². The number of nitrogens with zero attached hydrogens (tertiary/aromatic N) is 2. The first-order chi connectivity index (χ1) is 12.9. The molecule has 0 N–H and O–H groups in total. The van der Waals surface area contributed by atoms with Crippen molar-refractivity contribution in [1.29, 1.82) is 0 Å². The maximum atomic E-state index is 13.4. The van der Waals surface area contributed by atoms with Crippen LogP contribution in [0.1, 0.15) is 0 Å². The summed E-state index contributed by atoms with van der Waals surface area (Å²) in [6.07, 6.45) is 0. The molecular formula is C19H20N2O5S. The smallest absolute Gasteiger partial charge is 0.329 e. The monoisotopic (exact) mass is 388 g/mol. The van der Waals surface area contributed by atoms with Gasteiger partial charge < -0.3 is 9.47 Å². The first kappa shape index (κ1) is 17.7. The third kappa shape index (κ3) is 2.90. The number of anilines is 2. The Bertz CT molecular complexity index is 977. The van der Waals surface area contributed by atoms with Crippen LogP contribution < -0.4 is 19.3 Å². The molecule has 2 aromatic carbocycles. The lowest BCUT2D eigenvalue weighted by molar-refractivity contribution is 0.255. The summed E-state index contributed by atoms with van der Waals surface area (Å²) in [5.74, 6) is 0.921. The number of urea groups is 1. The van der Waals surface area contributed by atoms with E-state index in [2.05, 4.69) is 0 Å². The number of para-hydroxylation sites is 1. The molecular weight excluding hydrogens is 368 g/mol. The predicted octanol–water partition coefficient (Wildman–Crippen LogP) is 2.32. The van der Waals surface area contributed by atoms with Gasteiger partial charge in [0.2, 0.25) is 0 Å². The SMILES string of the molecule is COc1ccc(OC)c(N2C(=O)N(c3ccccc3)[C@H]3CS(=O)(=O)C[C@H]32)c1. The Hall–Kier alpha value is -2.74. The first-order valence-corrected chi connectivity index (χ1v) is 10.4. The van der Waals surface area contributed by atoms with Crippen molar-refractivity contribution in [3.05, 3.63) is 48.5 Å². The number of fused-ring (bicyclic) bond motifs is 1. The van der Waals surface area contributed by atoms with Crippen LogP contribution in [-0.2, 0) is 9.84 Å². The van der Waals surface area contributed by atoms with E-state index in [0.717, 1.165) is 0 Å². The van der Waals surface area contributed by atoms with E-state index in [1.165, 1.54) is 19.1 Å². The second-order valence-corrected chi connectivity index (χ2v) is 8.76. The number of rotatable bonds is 4. The molecule has 4 rings (SSSR count). The standard InChI is InChI=1S/C19H20N2O5S/c1-25-14-8-9-18(26-2)15(10-14)21-17-12-27(23,24)11-16(17)20(19(21)22)13-6-4-3-5-7-13/h3-10,16-17H,11-12H2,1-2H3/t16-,17+/m0/s1. The molecule has 2 amide bonds. The van der Waals surface area contributed by atoms with Crippen LogP contribution in [0.2, 0.25) is 0 Å². The molecule has 2 aliphatic heterocycles. The van der Waals surface area contributed by atoms with Crippen molar-refractivity contribution in [2.24, 2.45) is 0 Å².